The summed E-state index contributed by atoms with van der Waals surface area (Å²) in [6.45, 7) is 8.99. The van der Waals surface area contributed by atoms with Gasteiger partial charge in [-0.1, -0.05) is 63.1 Å². The van der Waals surface area contributed by atoms with Gasteiger partial charge in [-0.05, 0) is 36.8 Å². The van der Waals surface area contributed by atoms with Gasteiger partial charge < -0.3 is 8.85 Å². The van der Waals surface area contributed by atoms with Crippen molar-refractivity contribution in [1.29, 1.82) is 0 Å². The zero-order valence-corrected chi connectivity index (χ0v) is 16.6. The molecule has 128 valence electrons. The van der Waals surface area contributed by atoms with Crippen LogP contribution in [0, 0.1) is 0 Å². The highest BCUT2D eigenvalue weighted by Crippen LogP contribution is 2.51. The summed E-state index contributed by atoms with van der Waals surface area (Å²) < 4.78 is 12.5. The molecule has 0 fully saturated rings. The highest BCUT2D eigenvalue weighted by molar-refractivity contribution is 6.73. The molecule has 0 radical (unpaired) electrons. The molecule has 0 saturated carbocycles. The van der Waals surface area contributed by atoms with Gasteiger partial charge in [0, 0.05) is 25.3 Å². The molecule has 2 aliphatic rings. The van der Waals surface area contributed by atoms with E-state index in [0.29, 0.717) is 11.1 Å². The third-order valence-electron chi connectivity index (χ3n) is 5.58. The molecule has 2 nitrogen and oxygen atoms in total. The van der Waals surface area contributed by atoms with E-state index in [9.17, 15) is 0 Å². The van der Waals surface area contributed by atoms with E-state index in [2.05, 4.69) is 52.0 Å². The van der Waals surface area contributed by atoms with Crippen molar-refractivity contribution in [1.82, 2.24) is 0 Å². The highest BCUT2D eigenvalue weighted by Gasteiger charge is 2.53. The quantitative estimate of drug-likeness (QED) is 0.520. The lowest BCUT2D eigenvalue weighted by atomic mass is 10.1. The van der Waals surface area contributed by atoms with Gasteiger partial charge in [-0.15, -0.1) is 0 Å². The van der Waals surface area contributed by atoms with Crippen molar-refractivity contribution in [2.75, 3.05) is 14.2 Å². The van der Waals surface area contributed by atoms with E-state index in [1.807, 2.05) is 14.2 Å². The van der Waals surface area contributed by atoms with Crippen molar-refractivity contribution in [2.24, 2.45) is 0 Å². The Morgan fingerprint density at radius 3 is 1.39 bits per heavy atom. The SMILES string of the molecule is CCC1=C(CC)C([Si](OC)(OC)C2C=CC(CC)=C2CC)C=C1. The van der Waals surface area contributed by atoms with Crippen molar-refractivity contribution in [3.63, 3.8) is 0 Å². The van der Waals surface area contributed by atoms with E-state index in [1.54, 1.807) is 0 Å². The number of rotatable bonds is 8. The van der Waals surface area contributed by atoms with Gasteiger partial charge >= 0.3 is 8.56 Å². The molecule has 0 aliphatic heterocycles. The van der Waals surface area contributed by atoms with E-state index in [1.165, 1.54) is 22.3 Å². The third kappa shape index (κ3) is 2.95. The Morgan fingerprint density at radius 2 is 1.13 bits per heavy atom. The largest absolute Gasteiger partial charge is 0.397 e. The van der Waals surface area contributed by atoms with E-state index in [-0.39, 0.29) is 0 Å². The first-order chi connectivity index (χ1) is 11.1. The molecule has 0 aromatic heterocycles. The molecule has 2 atom stereocenters. The van der Waals surface area contributed by atoms with Gasteiger partial charge in [0.25, 0.3) is 0 Å². The van der Waals surface area contributed by atoms with Gasteiger partial charge in [-0.2, -0.15) is 0 Å². The van der Waals surface area contributed by atoms with Crippen LogP contribution >= 0.6 is 0 Å². The Hall–Kier alpha value is -0.903. The van der Waals surface area contributed by atoms with E-state index >= 15 is 0 Å². The maximum absolute atomic E-state index is 6.25. The Labute approximate surface area is 143 Å². The van der Waals surface area contributed by atoms with Crippen molar-refractivity contribution in [2.45, 2.75) is 64.5 Å². The molecule has 2 aliphatic carbocycles. The summed E-state index contributed by atoms with van der Waals surface area (Å²) in [4.78, 5) is 0. The summed E-state index contributed by atoms with van der Waals surface area (Å²) >= 11 is 0. The first-order valence-corrected chi connectivity index (χ1v) is 11.0. The maximum atomic E-state index is 6.25. The van der Waals surface area contributed by atoms with Crippen LogP contribution in [0.4, 0.5) is 0 Å². The summed E-state index contributed by atoms with van der Waals surface area (Å²) in [6.07, 6.45) is 13.6. The molecule has 0 aromatic rings. The van der Waals surface area contributed by atoms with E-state index in [4.69, 9.17) is 8.85 Å². The summed E-state index contributed by atoms with van der Waals surface area (Å²) in [5.74, 6) is 0. The molecule has 2 rings (SSSR count). The van der Waals surface area contributed by atoms with E-state index in [0.717, 1.165) is 25.7 Å². The van der Waals surface area contributed by atoms with Gasteiger partial charge in [0.15, 0.2) is 0 Å². The van der Waals surface area contributed by atoms with Crippen LogP contribution in [0.2, 0.25) is 11.1 Å². The molecule has 0 amide bonds. The predicted molar refractivity (Wildman–Crippen MR) is 101 cm³/mol. The Morgan fingerprint density at radius 1 is 0.739 bits per heavy atom. The molecule has 23 heavy (non-hydrogen) atoms. The molecule has 0 heterocycles. The first-order valence-electron chi connectivity index (χ1n) is 9.03. The van der Waals surface area contributed by atoms with Gasteiger partial charge in [-0.25, -0.2) is 0 Å². The second kappa shape index (κ2) is 7.78. The standard InChI is InChI=1S/C20H32O2Si/c1-7-15-11-13-19(17(15)9-3)23(21-5,22-6)20-14-12-16(8-2)18(20)10-4/h11-14,19-20H,7-10H2,1-6H3. The topological polar surface area (TPSA) is 18.5 Å². The Kier molecular flexibility index (Phi) is 6.23. The van der Waals surface area contributed by atoms with Crippen LogP contribution < -0.4 is 0 Å². The van der Waals surface area contributed by atoms with Crippen LogP contribution in [-0.4, -0.2) is 22.8 Å². The molecular weight excluding hydrogens is 300 g/mol. The smallest absolute Gasteiger partial charge is 0.360 e. The minimum absolute atomic E-state index is 0.324. The minimum atomic E-state index is -2.45. The molecule has 0 spiro atoms. The fraction of sp³-hybridized carbons (Fsp3) is 0.600. The van der Waals surface area contributed by atoms with Crippen LogP contribution in [0.5, 0.6) is 0 Å². The monoisotopic (exact) mass is 332 g/mol. The lowest BCUT2D eigenvalue weighted by Gasteiger charge is -2.39. The molecule has 2 unspecified atom stereocenters. The Bertz CT molecular complexity index is 504. The zero-order valence-electron chi connectivity index (χ0n) is 15.6. The van der Waals surface area contributed by atoms with Gasteiger partial charge in [0.1, 0.15) is 0 Å². The van der Waals surface area contributed by atoms with Crippen molar-refractivity contribution in [3.05, 3.63) is 46.6 Å². The van der Waals surface area contributed by atoms with Gasteiger partial charge in [-0.3, -0.25) is 0 Å². The lowest BCUT2D eigenvalue weighted by molar-refractivity contribution is 0.233. The van der Waals surface area contributed by atoms with Crippen LogP contribution in [0.15, 0.2) is 46.6 Å². The fourth-order valence-electron chi connectivity index (χ4n) is 4.39. The summed E-state index contributed by atoms with van der Waals surface area (Å²) in [6, 6.07) is 0. The molecule has 0 N–H and O–H groups in total. The average Bonchev–Trinajstić information content (AvgIpc) is 3.20. The normalized spacial score (nSPS) is 24.4. The van der Waals surface area contributed by atoms with Gasteiger partial charge in [0.05, 0.1) is 0 Å². The van der Waals surface area contributed by atoms with Crippen molar-refractivity contribution in [3.8, 4) is 0 Å². The average molecular weight is 333 g/mol. The highest BCUT2D eigenvalue weighted by atomic mass is 28.4. The first kappa shape index (κ1) is 18.4. The Balaban J connectivity index is 2.50. The maximum Gasteiger partial charge on any atom is 0.360 e. The van der Waals surface area contributed by atoms with Crippen LogP contribution in [-0.2, 0) is 8.85 Å². The number of hydrogen-bond donors (Lipinski definition) is 0. The van der Waals surface area contributed by atoms with Crippen molar-refractivity contribution >= 4 is 8.56 Å². The number of hydrogen-bond acceptors (Lipinski definition) is 2. The molecule has 0 saturated heterocycles. The zero-order chi connectivity index (χ0) is 17.0. The molecule has 0 aromatic carbocycles. The summed E-state index contributed by atoms with van der Waals surface area (Å²) in [5.41, 5.74) is 6.65. The minimum Gasteiger partial charge on any atom is -0.397 e. The van der Waals surface area contributed by atoms with Crippen LogP contribution in [0.25, 0.3) is 0 Å². The second-order valence-electron chi connectivity index (χ2n) is 6.32. The number of allylic oxidation sites excluding steroid dienone is 8. The summed E-state index contributed by atoms with van der Waals surface area (Å²) in [7, 11) is 1.26. The van der Waals surface area contributed by atoms with Crippen LogP contribution in [0.3, 0.4) is 0 Å². The third-order valence-corrected chi connectivity index (χ3v) is 9.68. The molecular formula is C20H32O2Si. The summed E-state index contributed by atoms with van der Waals surface area (Å²) in [5, 5.41) is 0. The lowest BCUT2D eigenvalue weighted by Crippen LogP contribution is -2.49. The molecule has 3 heteroatoms. The predicted octanol–water partition coefficient (Wildman–Crippen LogP) is 5.83. The van der Waals surface area contributed by atoms with Crippen LogP contribution in [0.1, 0.15) is 53.4 Å². The fourth-order valence-corrected chi connectivity index (χ4v) is 8.44. The van der Waals surface area contributed by atoms with Gasteiger partial charge in [0.2, 0.25) is 0 Å². The van der Waals surface area contributed by atoms with E-state index < -0.39 is 8.56 Å². The van der Waals surface area contributed by atoms with Crippen molar-refractivity contribution < 1.29 is 8.85 Å². The molecule has 0 bridgehead atoms. The second-order valence-corrected chi connectivity index (χ2v) is 9.82.